The molecule has 2 N–H and O–H groups in total. The average molecular weight is 292 g/mol. The summed E-state index contributed by atoms with van der Waals surface area (Å²) in [6.07, 6.45) is 1.16. The van der Waals surface area contributed by atoms with Crippen LogP contribution in [0.3, 0.4) is 0 Å². The van der Waals surface area contributed by atoms with Crippen molar-refractivity contribution >= 4 is 22.7 Å². The van der Waals surface area contributed by atoms with Gasteiger partial charge in [-0.3, -0.25) is 4.90 Å². The third-order valence-electron chi connectivity index (χ3n) is 4.15. The predicted octanol–water partition coefficient (Wildman–Crippen LogP) is 3.74. The van der Waals surface area contributed by atoms with Gasteiger partial charge >= 0.3 is 0 Å². The van der Waals surface area contributed by atoms with E-state index in [1.165, 1.54) is 16.0 Å². The highest BCUT2D eigenvalue weighted by molar-refractivity contribution is 7.10. The minimum Gasteiger partial charge on any atom is -0.329 e. The summed E-state index contributed by atoms with van der Waals surface area (Å²) in [6, 6.07) is 5.33. The molecule has 0 bridgehead atoms. The first-order chi connectivity index (χ1) is 9.22. The third kappa shape index (κ3) is 2.27. The molecule has 0 aliphatic carbocycles. The van der Waals surface area contributed by atoms with Gasteiger partial charge in [0.2, 0.25) is 0 Å². The molecule has 2 unspecified atom stereocenters. The Bertz CT molecular complexity index is 558. The maximum atomic E-state index is 6.09. The zero-order valence-corrected chi connectivity index (χ0v) is 13.1. The van der Waals surface area contributed by atoms with Crippen LogP contribution in [0, 0.1) is 6.92 Å². The summed E-state index contributed by atoms with van der Waals surface area (Å²) in [5.41, 5.74) is 8.97. The molecule has 0 saturated carbocycles. The monoisotopic (exact) mass is 292 g/mol. The molecule has 3 rings (SSSR count). The van der Waals surface area contributed by atoms with Crippen LogP contribution in [-0.4, -0.2) is 18.0 Å². The number of rotatable bonds is 3. The van der Waals surface area contributed by atoms with E-state index >= 15 is 0 Å². The van der Waals surface area contributed by atoms with Gasteiger partial charge in [-0.05, 0) is 54.3 Å². The molecule has 0 radical (unpaired) electrons. The van der Waals surface area contributed by atoms with Crippen LogP contribution in [0.2, 0.25) is 0 Å². The molecule has 0 amide bonds. The van der Waals surface area contributed by atoms with E-state index in [4.69, 9.17) is 5.73 Å². The number of hydrogen-bond donors (Lipinski definition) is 1. The summed E-state index contributed by atoms with van der Waals surface area (Å²) in [5, 5.41) is 4.40. The first kappa shape index (κ1) is 13.3. The second-order valence-electron chi connectivity index (χ2n) is 5.18. The van der Waals surface area contributed by atoms with Gasteiger partial charge in [-0.15, -0.1) is 22.7 Å². The highest BCUT2D eigenvalue weighted by atomic mass is 32.1. The highest BCUT2D eigenvalue weighted by Crippen LogP contribution is 2.39. The lowest BCUT2D eigenvalue weighted by molar-refractivity contribution is 0.140. The van der Waals surface area contributed by atoms with Gasteiger partial charge in [0.05, 0.1) is 6.04 Å². The molecule has 0 saturated heterocycles. The zero-order chi connectivity index (χ0) is 13.4. The Morgan fingerprint density at radius 2 is 2.16 bits per heavy atom. The van der Waals surface area contributed by atoms with E-state index in [1.54, 1.807) is 4.88 Å². The second-order valence-corrected chi connectivity index (χ2v) is 7.13. The molecule has 0 spiro atoms. The van der Waals surface area contributed by atoms with Gasteiger partial charge in [-0.2, -0.15) is 0 Å². The first-order valence-electron chi connectivity index (χ1n) is 6.78. The van der Waals surface area contributed by atoms with E-state index in [0.29, 0.717) is 18.6 Å². The molecule has 1 aliphatic rings. The van der Waals surface area contributed by atoms with Crippen LogP contribution in [0.25, 0.3) is 0 Å². The molecule has 19 heavy (non-hydrogen) atoms. The molecule has 0 fully saturated rings. The van der Waals surface area contributed by atoms with Crippen LogP contribution < -0.4 is 5.73 Å². The lowest BCUT2D eigenvalue weighted by Crippen LogP contribution is -2.39. The summed E-state index contributed by atoms with van der Waals surface area (Å²) >= 11 is 3.74. The van der Waals surface area contributed by atoms with Gasteiger partial charge in [0, 0.05) is 28.9 Å². The van der Waals surface area contributed by atoms with Gasteiger partial charge in [0.15, 0.2) is 0 Å². The number of nitrogens with two attached hydrogens (primary N) is 1. The fourth-order valence-corrected chi connectivity index (χ4v) is 5.10. The number of fused-ring (bicyclic) bond motifs is 1. The molecule has 2 atom stereocenters. The SMILES string of the molecule is Cc1ccsc1C(CN)N1CCc2sccc2C1C. The molecule has 102 valence electrons. The van der Waals surface area contributed by atoms with Crippen molar-refractivity contribution in [3.05, 3.63) is 43.8 Å². The Kier molecular flexibility index (Phi) is 3.76. The quantitative estimate of drug-likeness (QED) is 0.934. The van der Waals surface area contributed by atoms with Gasteiger partial charge in [0.25, 0.3) is 0 Å². The highest BCUT2D eigenvalue weighted by Gasteiger charge is 2.31. The predicted molar refractivity (Wildman–Crippen MR) is 84.0 cm³/mol. The average Bonchev–Trinajstić information content (AvgIpc) is 3.03. The first-order valence-corrected chi connectivity index (χ1v) is 8.54. The number of aryl methyl sites for hydroxylation is 1. The molecule has 2 nitrogen and oxygen atoms in total. The topological polar surface area (TPSA) is 29.3 Å². The molecule has 3 heterocycles. The van der Waals surface area contributed by atoms with Crippen molar-refractivity contribution in [2.75, 3.05) is 13.1 Å². The smallest absolute Gasteiger partial charge is 0.0572 e. The van der Waals surface area contributed by atoms with E-state index in [2.05, 4.69) is 41.6 Å². The third-order valence-corrected chi connectivity index (χ3v) is 6.27. The molecule has 1 aliphatic heterocycles. The van der Waals surface area contributed by atoms with E-state index in [9.17, 15) is 0 Å². The number of hydrogen-bond acceptors (Lipinski definition) is 4. The Morgan fingerprint density at radius 3 is 2.84 bits per heavy atom. The van der Waals surface area contributed by atoms with Crippen molar-refractivity contribution in [1.82, 2.24) is 4.90 Å². The van der Waals surface area contributed by atoms with Gasteiger partial charge < -0.3 is 5.73 Å². The van der Waals surface area contributed by atoms with E-state index in [1.807, 2.05) is 22.7 Å². The van der Waals surface area contributed by atoms with Gasteiger partial charge in [0.1, 0.15) is 0 Å². The van der Waals surface area contributed by atoms with Crippen molar-refractivity contribution < 1.29 is 0 Å². The molecule has 2 aromatic heterocycles. The normalized spacial score (nSPS) is 21.3. The Hall–Kier alpha value is -0.680. The van der Waals surface area contributed by atoms with Gasteiger partial charge in [-0.1, -0.05) is 0 Å². The fourth-order valence-electron chi connectivity index (χ4n) is 3.07. The molecule has 2 aromatic rings. The van der Waals surface area contributed by atoms with Crippen LogP contribution in [-0.2, 0) is 6.42 Å². The number of nitrogens with zero attached hydrogens (tertiary/aromatic N) is 1. The van der Waals surface area contributed by atoms with Crippen molar-refractivity contribution in [3.8, 4) is 0 Å². The van der Waals surface area contributed by atoms with Crippen LogP contribution >= 0.6 is 22.7 Å². The Labute approximate surface area is 122 Å². The summed E-state index contributed by atoms with van der Waals surface area (Å²) in [4.78, 5) is 5.57. The van der Waals surface area contributed by atoms with Crippen molar-refractivity contribution in [2.45, 2.75) is 32.4 Å². The molecule has 4 heteroatoms. The van der Waals surface area contributed by atoms with E-state index in [0.717, 1.165) is 13.0 Å². The summed E-state index contributed by atoms with van der Waals surface area (Å²) < 4.78 is 0. The lowest BCUT2D eigenvalue weighted by atomic mass is 9.98. The number of thiophene rings is 2. The maximum Gasteiger partial charge on any atom is 0.0572 e. The van der Waals surface area contributed by atoms with Crippen molar-refractivity contribution in [1.29, 1.82) is 0 Å². The van der Waals surface area contributed by atoms with E-state index < -0.39 is 0 Å². The molecule has 0 aromatic carbocycles. The fraction of sp³-hybridized carbons (Fsp3) is 0.467. The maximum absolute atomic E-state index is 6.09. The molecular formula is C15H20N2S2. The second kappa shape index (κ2) is 5.37. The van der Waals surface area contributed by atoms with Crippen LogP contribution in [0.15, 0.2) is 22.9 Å². The van der Waals surface area contributed by atoms with Crippen LogP contribution in [0.1, 0.15) is 39.9 Å². The van der Waals surface area contributed by atoms with Crippen molar-refractivity contribution in [3.63, 3.8) is 0 Å². The Balaban J connectivity index is 1.92. The summed E-state index contributed by atoms with van der Waals surface area (Å²) in [6.45, 7) is 6.33. The van der Waals surface area contributed by atoms with Crippen molar-refractivity contribution in [2.24, 2.45) is 5.73 Å². The lowest BCUT2D eigenvalue weighted by Gasteiger charge is -2.39. The van der Waals surface area contributed by atoms with Gasteiger partial charge in [-0.25, -0.2) is 0 Å². The van der Waals surface area contributed by atoms with E-state index in [-0.39, 0.29) is 0 Å². The van der Waals surface area contributed by atoms with Crippen LogP contribution in [0.4, 0.5) is 0 Å². The zero-order valence-electron chi connectivity index (χ0n) is 11.4. The summed E-state index contributed by atoms with van der Waals surface area (Å²) in [5.74, 6) is 0. The van der Waals surface area contributed by atoms with Crippen LogP contribution in [0.5, 0.6) is 0 Å². The summed E-state index contributed by atoms with van der Waals surface area (Å²) in [7, 11) is 0. The molecular weight excluding hydrogens is 272 g/mol. The minimum absolute atomic E-state index is 0.364. The standard InChI is InChI=1S/C15H20N2S2/c1-10-4-7-19-15(10)13(9-16)17-6-3-14-12(11(17)2)5-8-18-14/h4-5,7-8,11,13H,3,6,9,16H2,1-2H3. The minimum atomic E-state index is 0.364. The Morgan fingerprint density at radius 1 is 1.37 bits per heavy atom. The largest absolute Gasteiger partial charge is 0.329 e.